The summed E-state index contributed by atoms with van der Waals surface area (Å²) in [4.78, 5) is 26.9. The molecular weight excluding hydrogens is 230 g/mol. The molecule has 2 heterocycles. The van der Waals surface area contributed by atoms with Crippen molar-refractivity contribution in [2.45, 2.75) is 38.6 Å². The van der Waals surface area contributed by atoms with E-state index in [9.17, 15) is 9.59 Å². The molecule has 0 radical (unpaired) electrons. The van der Waals surface area contributed by atoms with Gasteiger partial charge >= 0.3 is 0 Å². The number of amides is 2. The summed E-state index contributed by atoms with van der Waals surface area (Å²) in [6, 6.07) is 0.552. The zero-order valence-corrected chi connectivity index (χ0v) is 11.2. The Morgan fingerprint density at radius 1 is 1.33 bits per heavy atom. The van der Waals surface area contributed by atoms with Crippen molar-refractivity contribution >= 4 is 11.8 Å². The summed E-state index contributed by atoms with van der Waals surface area (Å²) >= 11 is 0. The van der Waals surface area contributed by atoms with Crippen LogP contribution in [0.4, 0.5) is 0 Å². The lowest BCUT2D eigenvalue weighted by atomic mass is 10.1. The number of likely N-dealkylation sites (N-methyl/N-ethyl adjacent to an activating group) is 1. The SMILES string of the molecule is CCN(CCN1C(=O)CCC1=O)C1CCCNC1. The summed E-state index contributed by atoms with van der Waals surface area (Å²) < 4.78 is 0. The van der Waals surface area contributed by atoms with Gasteiger partial charge in [0.15, 0.2) is 0 Å². The van der Waals surface area contributed by atoms with Crippen LogP contribution in [0, 0.1) is 0 Å². The smallest absolute Gasteiger partial charge is 0.229 e. The summed E-state index contributed by atoms with van der Waals surface area (Å²) in [5.74, 6) is -0.00403. The molecule has 2 rings (SSSR count). The summed E-state index contributed by atoms with van der Waals surface area (Å²) in [6.45, 7) is 6.61. The van der Waals surface area contributed by atoms with Crippen LogP contribution in [0.1, 0.15) is 32.6 Å². The van der Waals surface area contributed by atoms with E-state index in [2.05, 4.69) is 17.1 Å². The molecule has 2 aliphatic rings. The fourth-order valence-electron chi connectivity index (χ4n) is 2.84. The molecule has 0 aromatic heterocycles. The number of imide groups is 1. The number of rotatable bonds is 5. The topological polar surface area (TPSA) is 52.7 Å². The maximum atomic E-state index is 11.5. The molecule has 102 valence electrons. The quantitative estimate of drug-likeness (QED) is 0.712. The largest absolute Gasteiger partial charge is 0.315 e. The van der Waals surface area contributed by atoms with Crippen molar-refractivity contribution in [3.63, 3.8) is 0 Å². The van der Waals surface area contributed by atoms with Gasteiger partial charge in [-0.3, -0.25) is 19.4 Å². The van der Waals surface area contributed by atoms with Crippen molar-refractivity contribution in [3.05, 3.63) is 0 Å². The average molecular weight is 253 g/mol. The second-order valence-corrected chi connectivity index (χ2v) is 5.07. The molecule has 5 heteroatoms. The fraction of sp³-hybridized carbons (Fsp3) is 0.846. The van der Waals surface area contributed by atoms with Crippen LogP contribution in [0.3, 0.4) is 0 Å². The lowest BCUT2D eigenvalue weighted by molar-refractivity contribution is -0.138. The minimum Gasteiger partial charge on any atom is -0.315 e. The molecule has 0 aromatic carbocycles. The number of nitrogens with zero attached hydrogens (tertiary/aromatic N) is 2. The van der Waals surface area contributed by atoms with E-state index in [1.807, 2.05) is 0 Å². The molecule has 5 nitrogen and oxygen atoms in total. The molecular formula is C13H23N3O2. The molecule has 2 saturated heterocycles. The van der Waals surface area contributed by atoms with Crippen molar-refractivity contribution in [1.29, 1.82) is 0 Å². The third-order valence-electron chi connectivity index (χ3n) is 3.96. The Kier molecular flexibility index (Phi) is 4.72. The monoisotopic (exact) mass is 253 g/mol. The van der Waals surface area contributed by atoms with E-state index in [1.165, 1.54) is 17.7 Å². The minimum atomic E-state index is -0.00202. The number of hydrogen-bond acceptors (Lipinski definition) is 4. The predicted molar refractivity (Wildman–Crippen MR) is 69.1 cm³/mol. The first-order valence-electron chi connectivity index (χ1n) is 7.00. The fourth-order valence-corrected chi connectivity index (χ4v) is 2.84. The van der Waals surface area contributed by atoms with Crippen molar-refractivity contribution < 1.29 is 9.59 Å². The molecule has 1 atom stereocenters. The van der Waals surface area contributed by atoms with Crippen molar-refractivity contribution in [3.8, 4) is 0 Å². The lowest BCUT2D eigenvalue weighted by Crippen LogP contribution is -2.48. The van der Waals surface area contributed by atoms with Gasteiger partial charge in [-0.2, -0.15) is 0 Å². The molecule has 0 aliphatic carbocycles. The van der Waals surface area contributed by atoms with Gasteiger partial charge in [0, 0.05) is 38.5 Å². The van der Waals surface area contributed by atoms with Gasteiger partial charge in [-0.05, 0) is 25.9 Å². The van der Waals surface area contributed by atoms with Gasteiger partial charge < -0.3 is 5.32 Å². The third kappa shape index (κ3) is 3.09. The molecule has 0 aromatic rings. The van der Waals surface area contributed by atoms with Gasteiger partial charge in [0.1, 0.15) is 0 Å². The van der Waals surface area contributed by atoms with E-state index >= 15 is 0 Å². The van der Waals surface area contributed by atoms with Gasteiger partial charge in [0.25, 0.3) is 0 Å². The van der Waals surface area contributed by atoms with E-state index in [0.29, 0.717) is 25.4 Å². The Morgan fingerprint density at radius 3 is 2.61 bits per heavy atom. The Morgan fingerprint density at radius 2 is 2.06 bits per heavy atom. The van der Waals surface area contributed by atoms with Gasteiger partial charge in [0.05, 0.1) is 0 Å². The van der Waals surface area contributed by atoms with Crippen molar-refractivity contribution in [2.75, 3.05) is 32.7 Å². The first-order valence-corrected chi connectivity index (χ1v) is 7.00. The van der Waals surface area contributed by atoms with Crippen molar-refractivity contribution in [2.24, 2.45) is 0 Å². The van der Waals surface area contributed by atoms with Gasteiger partial charge in [-0.1, -0.05) is 6.92 Å². The highest BCUT2D eigenvalue weighted by Gasteiger charge is 2.29. The van der Waals surface area contributed by atoms with Crippen LogP contribution in [-0.4, -0.2) is 60.4 Å². The van der Waals surface area contributed by atoms with Gasteiger partial charge in [-0.25, -0.2) is 0 Å². The summed E-state index contributed by atoms with van der Waals surface area (Å²) in [5, 5.41) is 3.41. The van der Waals surface area contributed by atoms with Crippen LogP contribution in [0.5, 0.6) is 0 Å². The zero-order valence-electron chi connectivity index (χ0n) is 11.2. The van der Waals surface area contributed by atoms with Crippen LogP contribution in [-0.2, 0) is 9.59 Å². The van der Waals surface area contributed by atoms with Crippen LogP contribution in [0.25, 0.3) is 0 Å². The lowest BCUT2D eigenvalue weighted by Gasteiger charge is -2.34. The number of hydrogen-bond donors (Lipinski definition) is 1. The number of likely N-dealkylation sites (tertiary alicyclic amines) is 1. The van der Waals surface area contributed by atoms with Gasteiger partial charge in [0.2, 0.25) is 11.8 Å². The molecule has 0 spiro atoms. The molecule has 18 heavy (non-hydrogen) atoms. The van der Waals surface area contributed by atoms with Crippen LogP contribution in [0.2, 0.25) is 0 Å². The maximum Gasteiger partial charge on any atom is 0.229 e. The first-order chi connectivity index (χ1) is 8.72. The Bertz CT molecular complexity index is 297. The third-order valence-corrected chi connectivity index (χ3v) is 3.96. The molecule has 2 aliphatic heterocycles. The van der Waals surface area contributed by atoms with Crippen molar-refractivity contribution in [1.82, 2.24) is 15.1 Å². The van der Waals surface area contributed by atoms with Crippen LogP contribution >= 0.6 is 0 Å². The number of carbonyl (C=O) groups excluding carboxylic acids is 2. The number of piperidine rings is 1. The van der Waals surface area contributed by atoms with E-state index in [1.54, 1.807) is 0 Å². The highest BCUT2D eigenvalue weighted by atomic mass is 16.2. The summed E-state index contributed by atoms with van der Waals surface area (Å²) in [5.41, 5.74) is 0. The van der Waals surface area contributed by atoms with E-state index in [-0.39, 0.29) is 11.8 Å². The molecule has 2 fully saturated rings. The first kappa shape index (κ1) is 13.5. The van der Waals surface area contributed by atoms with Crippen LogP contribution < -0.4 is 5.32 Å². The standard InChI is InChI=1S/C13H23N3O2/c1-2-15(11-4-3-7-14-10-11)8-9-16-12(17)5-6-13(16)18/h11,14H,2-10H2,1H3. The molecule has 0 saturated carbocycles. The Balaban J connectivity index is 1.82. The number of carbonyl (C=O) groups is 2. The van der Waals surface area contributed by atoms with Gasteiger partial charge in [-0.15, -0.1) is 0 Å². The van der Waals surface area contributed by atoms with E-state index in [0.717, 1.165) is 26.2 Å². The predicted octanol–water partition coefficient (Wildman–Crippen LogP) is 0.209. The van der Waals surface area contributed by atoms with Crippen LogP contribution in [0.15, 0.2) is 0 Å². The highest BCUT2D eigenvalue weighted by molar-refractivity contribution is 6.01. The second kappa shape index (κ2) is 6.29. The van der Waals surface area contributed by atoms with E-state index < -0.39 is 0 Å². The maximum absolute atomic E-state index is 11.5. The molecule has 0 bridgehead atoms. The molecule has 2 amide bonds. The molecule has 1 unspecified atom stereocenters. The minimum absolute atomic E-state index is 0.00202. The summed E-state index contributed by atoms with van der Waals surface area (Å²) in [6.07, 6.45) is 3.22. The average Bonchev–Trinajstić information content (AvgIpc) is 2.72. The highest BCUT2D eigenvalue weighted by Crippen LogP contribution is 2.13. The Hall–Kier alpha value is -0.940. The molecule has 1 N–H and O–H groups in total. The van der Waals surface area contributed by atoms with E-state index in [4.69, 9.17) is 0 Å². The zero-order chi connectivity index (χ0) is 13.0. The Labute approximate surface area is 108 Å². The summed E-state index contributed by atoms with van der Waals surface area (Å²) in [7, 11) is 0. The second-order valence-electron chi connectivity index (χ2n) is 5.07. The normalized spacial score (nSPS) is 25.2. The number of nitrogens with one attached hydrogen (secondary N) is 1.